The minimum Gasteiger partial charge on any atom is -0.478 e. The molecule has 1 aliphatic rings. The Balaban J connectivity index is 1.88. The van der Waals surface area contributed by atoms with E-state index in [-0.39, 0.29) is 11.0 Å². The molecule has 0 radical (unpaired) electrons. The van der Waals surface area contributed by atoms with Crippen molar-refractivity contribution in [1.82, 2.24) is 0 Å². The number of hydrogen-bond acceptors (Lipinski definition) is 3. The molecule has 4 heteroatoms. The zero-order chi connectivity index (χ0) is 18.4. The van der Waals surface area contributed by atoms with Gasteiger partial charge in [-0.25, -0.2) is 4.79 Å². The number of fused-ring (bicyclic) bond motifs is 2. The standard InChI is InChI=1S/C22H18O4/c1-12-3-4-14(13(2)9-12)10-15-5-7-17-20(23)18-11-16(22(24)25)6-8-19(18)26-21(15)17/h3-4,6,8-11H,5,7H2,1-2H3,(H,24,25)/b15-10+. The highest BCUT2D eigenvalue weighted by atomic mass is 16.4. The summed E-state index contributed by atoms with van der Waals surface area (Å²) < 4.78 is 6.01. The molecule has 0 saturated carbocycles. The molecule has 26 heavy (non-hydrogen) atoms. The lowest BCUT2D eigenvalue weighted by molar-refractivity contribution is 0.0697. The Hall–Kier alpha value is -3.14. The molecule has 3 aromatic rings. The lowest BCUT2D eigenvalue weighted by Gasteiger charge is -2.06. The lowest BCUT2D eigenvalue weighted by Crippen LogP contribution is -2.09. The number of aryl methyl sites for hydroxylation is 2. The van der Waals surface area contributed by atoms with Gasteiger partial charge in [-0.1, -0.05) is 23.8 Å². The predicted octanol–water partition coefficient (Wildman–Crippen LogP) is 4.59. The van der Waals surface area contributed by atoms with Gasteiger partial charge in [0.05, 0.1) is 10.9 Å². The Kier molecular flexibility index (Phi) is 3.76. The Morgan fingerprint density at radius 3 is 2.65 bits per heavy atom. The average molecular weight is 346 g/mol. The molecule has 1 heterocycles. The van der Waals surface area contributed by atoms with Crippen molar-refractivity contribution in [1.29, 1.82) is 0 Å². The van der Waals surface area contributed by atoms with Crippen LogP contribution >= 0.6 is 0 Å². The SMILES string of the molecule is Cc1ccc(/C=C2\CCc3c2oc2ccc(C(=O)O)cc2c3=O)c(C)c1. The first-order chi connectivity index (χ1) is 12.4. The molecule has 1 aliphatic carbocycles. The fourth-order valence-electron chi connectivity index (χ4n) is 3.54. The van der Waals surface area contributed by atoms with Gasteiger partial charge in [0.15, 0.2) is 5.43 Å². The highest BCUT2D eigenvalue weighted by molar-refractivity contribution is 5.94. The number of rotatable bonds is 2. The Morgan fingerprint density at radius 2 is 1.92 bits per heavy atom. The van der Waals surface area contributed by atoms with Crippen LogP contribution in [0.4, 0.5) is 0 Å². The van der Waals surface area contributed by atoms with Crippen LogP contribution in [-0.4, -0.2) is 11.1 Å². The highest BCUT2D eigenvalue weighted by Gasteiger charge is 2.24. The Labute approximate surface area is 150 Å². The molecule has 0 unspecified atom stereocenters. The topological polar surface area (TPSA) is 67.5 Å². The second-order valence-electron chi connectivity index (χ2n) is 6.78. The summed E-state index contributed by atoms with van der Waals surface area (Å²) in [6.07, 6.45) is 3.44. The van der Waals surface area contributed by atoms with Gasteiger partial charge in [-0.2, -0.15) is 0 Å². The number of hydrogen-bond donors (Lipinski definition) is 1. The minimum atomic E-state index is -1.05. The van der Waals surface area contributed by atoms with E-state index in [1.54, 1.807) is 6.07 Å². The number of benzene rings is 2. The summed E-state index contributed by atoms with van der Waals surface area (Å²) in [6.45, 7) is 4.13. The summed E-state index contributed by atoms with van der Waals surface area (Å²) in [5, 5.41) is 9.47. The smallest absolute Gasteiger partial charge is 0.335 e. The molecule has 0 amide bonds. The van der Waals surface area contributed by atoms with Crippen molar-refractivity contribution < 1.29 is 14.3 Å². The van der Waals surface area contributed by atoms with Crippen molar-refractivity contribution in [2.75, 3.05) is 0 Å². The fourth-order valence-corrected chi connectivity index (χ4v) is 3.54. The molecular weight excluding hydrogens is 328 g/mol. The normalized spacial score (nSPS) is 14.8. The van der Waals surface area contributed by atoms with Gasteiger partial charge >= 0.3 is 5.97 Å². The van der Waals surface area contributed by atoms with E-state index in [0.29, 0.717) is 28.7 Å². The van der Waals surface area contributed by atoms with Crippen LogP contribution in [0, 0.1) is 13.8 Å². The lowest BCUT2D eigenvalue weighted by atomic mass is 10.0. The second kappa shape index (κ2) is 5.99. The Morgan fingerprint density at radius 1 is 1.12 bits per heavy atom. The van der Waals surface area contributed by atoms with Crippen molar-refractivity contribution in [3.63, 3.8) is 0 Å². The van der Waals surface area contributed by atoms with Crippen LogP contribution in [0.15, 0.2) is 45.6 Å². The van der Waals surface area contributed by atoms with E-state index >= 15 is 0 Å². The summed E-state index contributed by atoms with van der Waals surface area (Å²) in [5.41, 5.74) is 5.53. The van der Waals surface area contributed by atoms with Gasteiger partial charge < -0.3 is 9.52 Å². The van der Waals surface area contributed by atoms with Gasteiger partial charge in [-0.15, -0.1) is 0 Å². The first-order valence-electron chi connectivity index (χ1n) is 8.55. The molecular formula is C22H18O4. The van der Waals surface area contributed by atoms with E-state index < -0.39 is 5.97 Å². The zero-order valence-electron chi connectivity index (χ0n) is 14.6. The van der Waals surface area contributed by atoms with Gasteiger partial charge in [-0.05, 0) is 67.7 Å². The van der Waals surface area contributed by atoms with Crippen LogP contribution in [0.1, 0.15) is 44.8 Å². The molecule has 1 N–H and O–H groups in total. The third kappa shape index (κ3) is 2.64. The average Bonchev–Trinajstić information content (AvgIpc) is 3.00. The summed E-state index contributed by atoms with van der Waals surface area (Å²) in [6, 6.07) is 10.7. The summed E-state index contributed by atoms with van der Waals surface area (Å²) in [7, 11) is 0. The van der Waals surface area contributed by atoms with Crippen LogP contribution in [0.2, 0.25) is 0 Å². The fraction of sp³-hybridized carbons (Fsp3) is 0.182. The molecule has 0 aliphatic heterocycles. The number of carbonyl (C=O) groups is 1. The largest absolute Gasteiger partial charge is 0.478 e. The summed E-state index contributed by atoms with van der Waals surface area (Å²) >= 11 is 0. The monoisotopic (exact) mass is 346 g/mol. The van der Waals surface area contributed by atoms with E-state index in [1.807, 2.05) is 0 Å². The molecule has 0 fully saturated rings. The van der Waals surface area contributed by atoms with E-state index in [4.69, 9.17) is 9.52 Å². The van der Waals surface area contributed by atoms with Gasteiger partial charge in [0.25, 0.3) is 0 Å². The third-order valence-corrected chi connectivity index (χ3v) is 4.92. The van der Waals surface area contributed by atoms with E-state index in [2.05, 4.69) is 38.1 Å². The van der Waals surface area contributed by atoms with E-state index in [9.17, 15) is 9.59 Å². The summed E-state index contributed by atoms with van der Waals surface area (Å²) in [4.78, 5) is 24.0. The molecule has 1 aromatic heterocycles. The maximum absolute atomic E-state index is 12.8. The molecule has 4 rings (SSSR count). The Bertz CT molecular complexity index is 1150. The first kappa shape index (κ1) is 16.3. The van der Waals surface area contributed by atoms with Crippen LogP contribution in [0.5, 0.6) is 0 Å². The van der Waals surface area contributed by atoms with Crippen molar-refractivity contribution in [2.45, 2.75) is 26.7 Å². The molecule has 2 aromatic carbocycles. The summed E-state index contributed by atoms with van der Waals surface area (Å²) in [5.74, 6) is -0.423. The van der Waals surface area contributed by atoms with Crippen LogP contribution in [0.25, 0.3) is 22.6 Å². The molecule has 0 spiro atoms. The molecule has 130 valence electrons. The van der Waals surface area contributed by atoms with E-state index in [1.165, 1.54) is 23.3 Å². The zero-order valence-corrected chi connectivity index (χ0v) is 14.6. The van der Waals surface area contributed by atoms with Crippen LogP contribution < -0.4 is 5.43 Å². The quantitative estimate of drug-likeness (QED) is 0.737. The molecule has 0 saturated heterocycles. The molecule has 0 bridgehead atoms. The highest BCUT2D eigenvalue weighted by Crippen LogP contribution is 2.34. The third-order valence-electron chi connectivity index (χ3n) is 4.92. The number of aromatic carboxylic acids is 1. The number of carboxylic acids is 1. The van der Waals surface area contributed by atoms with E-state index in [0.717, 1.165) is 17.6 Å². The van der Waals surface area contributed by atoms with Gasteiger partial charge in [0, 0.05) is 5.56 Å². The van der Waals surface area contributed by atoms with Crippen molar-refractivity contribution in [2.24, 2.45) is 0 Å². The van der Waals surface area contributed by atoms with Crippen LogP contribution in [0.3, 0.4) is 0 Å². The van der Waals surface area contributed by atoms with Gasteiger partial charge in [0.2, 0.25) is 0 Å². The van der Waals surface area contributed by atoms with Crippen LogP contribution in [-0.2, 0) is 6.42 Å². The maximum Gasteiger partial charge on any atom is 0.335 e. The van der Waals surface area contributed by atoms with Crippen molar-refractivity contribution in [3.8, 4) is 0 Å². The van der Waals surface area contributed by atoms with Crippen molar-refractivity contribution >= 4 is 28.6 Å². The minimum absolute atomic E-state index is 0.0915. The maximum atomic E-state index is 12.8. The molecule has 0 atom stereocenters. The first-order valence-corrected chi connectivity index (χ1v) is 8.55. The number of allylic oxidation sites excluding steroid dienone is 1. The van der Waals surface area contributed by atoms with Gasteiger partial charge in [0.1, 0.15) is 11.3 Å². The van der Waals surface area contributed by atoms with Gasteiger partial charge in [-0.3, -0.25) is 4.79 Å². The predicted molar refractivity (Wildman–Crippen MR) is 102 cm³/mol. The molecule has 4 nitrogen and oxygen atoms in total. The number of carboxylic acid groups (broad SMARTS) is 1. The van der Waals surface area contributed by atoms with Crippen molar-refractivity contribution in [3.05, 3.63) is 80.2 Å². The second-order valence-corrected chi connectivity index (χ2v) is 6.78.